The molecule has 0 fully saturated rings. The van der Waals surface area contributed by atoms with Gasteiger partial charge in [-0.05, 0) is 13.3 Å². The minimum absolute atomic E-state index is 0.151. The maximum Gasteiger partial charge on any atom is 0.413 e. The minimum atomic E-state index is -4.28. The molecule has 1 N–H and O–H groups in total. The Morgan fingerprint density at radius 3 is 2.46 bits per heavy atom. The lowest BCUT2D eigenvalue weighted by molar-refractivity contribution is -0.192. The molecule has 0 bridgehead atoms. The Hall–Kier alpha value is -0.330. The molecule has 1 unspecified atom stereocenters. The molecule has 0 aliphatic heterocycles. The average Bonchev–Trinajstić information content (AvgIpc) is 1.98. The third-order valence-electron chi connectivity index (χ3n) is 1.28. The molecule has 0 radical (unpaired) electrons. The monoisotopic (exact) mass is 201 g/mol. The molecule has 0 aliphatic rings. The van der Waals surface area contributed by atoms with Crippen LogP contribution in [0, 0.1) is 0 Å². The zero-order valence-corrected chi connectivity index (χ0v) is 7.65. The highest BCUT2D eigenvalue weighted by atomic mass is 19.4. The number of ether oxygens (including phenoxy) is 1. The Labute approximate surface area is 75.2 Å². The summed E-state index contributed by atoms with van der Waals surface area (Å²) in [6, 6.07) is -0.151. The first kappa shape index (κ1) is 12.7. The molecular weight excluding hydrogens is 187 g/mol. The Kier molecular flexibility index (Phi) is 6.02. The van der Waals surface area contributed by atoms with E-state index < -0.39 is 12.8 Å². The van der Waals surface area contributed by atoms with Crippen molar-refractivity contribution in [1.29, 1.82) is 0 Å². The summed E-state index contributed by atoms with van der Waals surface area (Å²) in [7, 11) is 1.53. The zero-order valence-electron chi connectivity index (χ0n) is 7.65. The quantitative estimate of drug-likeness (QED) is 0.660. The van der Waals surface area contributed by atoms with Crippen LogP contribution in [0.3, 0.4) is 0 Å². The lowest BCUT2D eigenvalue weighted by Gasteiger charge is -2.13. The number of methoxy groups -OCH3 is 1. The molecule has 0 saturated heterocycles. The van der Waals surface area contributed by atoms with E-state index in [1.807, 2.05) is 0 Å². The largest absolute Gasteiger partial charge is 0.413 e. The summed E-state index contributed by atoms with van der Waals surface area (Å²) >= 11 is 0. The SMILES string of the molecule is COCCC(C)NOCC(F)(F)F. The Bertz CT molecular complexity index is 129. The molecule has 6 heteroatoms. The highest BCUT2D eigenvalue weighted by molar-refractivity contribution is 4.53. The number of halogens is 3. The molecule has 0 rings (SSSR count). The third kappa shape index (κ3) is 9.59. The van der Waals surface area contributed by atoms with Crippen molar-refractivity contribution >= 4 is 0 Å². The van der Waals surface area contributed by atoms with Crippen LogP contribution in [0.5, 0.6) is 0 Å². The van der Waals surface area contributed by atoms with Crippen LogP contribution in [-0.2, 0) is 9.57 Å². The predicted molar refractivity (Wildman–Crippen MR) is 41.1 cm³/mol. The van der Waals surface area contributed by atoms with Crippen molar-refractivity contribution in [2.45, 2.75) is 25.6 Å². The van der Waals surface area contributed by atoms with Crippen LogP contribution in [0.4, 0.5) is 13.2 Å². The van der Waals surface area contributed by atoms with Gasteiger partial charge in [-0.1, -0.05) is 0 Å². The van der Waals surface area contributed by atoms with E-state index in [4.69, 9.17) is 4.74 Å². The van der Waals surface area contributed by atoms with Crippen LogP contribution in [0.15, 0.2) is 0 Å². The second-order valence-electron chi connectivity index (χ2n) is 2.70. The van der Waals surface area contributed by atoms with Gasteiger partial charge in [-0.25, -0.2) is 0 Å². The van der Waals surface area contributed by atoms with Crippen LogP contribution in [0.25, 0.3) is 0 Å². The van der Waals surface area contributed by atoms with Gasteiger partial charge < -0.3 is 4.74 Å². The summed E-state index contributed by atoms with van der Waals surface area (Å²) in [6.45, 7) is 0.934. The van der Waals surface area contributed by atoms with Crippen LogP contribution in [0.2, 0.25) is 0 Å². The van der Waals surface area contributed by atoms with E-state index in [-0.39, 0.29) is 6.04 Å². The van der Waals surface area contributed by atoms with Crippen LogP contribution in [-0.4, -0.2) is 32.5 Å². The van der Waals surface area contributed by atoms with E-state index in [0.717, 1.165) is 0 Å². The van der Waals surface area contributed by atoms with Gasteiger partial charge >= 0.3 is 6.18 Å². The highest BCUT2D eigenvalue weighted by Gasteiger charge is 2.27. The Balaban J connectivity index is 3.31. The summed E-state index contributed by atoms with van der Waals surface area (Å²) in [5.74, 6) is 0. The molecule has 0 aromatic rings. The number of hydrogen-bond donors (Lipinski definition) is 1. The topological polar surface area (TPSA) is 30.5 Å². The Morgan fingerprint density at radius 1 is 1.38 bits per heavy atom. The highest BCUT2D eigenvalue weighted by Crippen LogP contribution is 2.13. The molecule has 0 aliphatic carbocycles. The summed E-state index contributed by atoms with van der Waals surface area (Å²) in [5, 5.41) is 0. The summed E-state index contributed by atoms with van der Waals surface area (Å²) < 4.78 is 39.4. The van der Waals surface area contributed by atoms with Crippen molar-refractivity contribution in [2.24, 2.45) is 0 Å². The molecule has 0 aromatic heterocycles. The van der Waals surface area contributed by atoms with E-state index in [2.05, 4.69) is 10.3 Å². The smallest absolute Gasteiger partial charge is 0.385 e. The zero-order chi connectivity index (χ0) is 10.3. The summed E-state index contributed by atoms with van der Waals surface area (Å²) in [6.07, 6.45) is -3.68. The van der Waals surface area contributed by atoms with Crippen LogP contribution >= 0.6 is 0 Å². The second-order valence-corrected chi connectivity index (χ2v) is 2.70. The van der Waals surface area contributed by atoms with Crippen molar-refractivity contribution in [2.75, 3.05) is 20.3 Å². The minimum Gasteiger partial charge on any atom is -0.385 e. The van der Waals surface area contributed by atoms with Gasteiger partial charge in [0.1, 0.15) is 0 Å². The van der Waals surface area contributed by atoms with Crippen LogP contribution in [0.1, 0.15) is 13.3 Å². The predicted octanol–water partition coefficient (Wildman–Crippen LogP) is 1.49. The fourth-order valence-electron chi connectivity index (χ4n) is 0.619. The first-order chi connectivity index (χ1) is 5.95. The summed E-state index contributed by atoms with van der Waals surface area (Å²) in [4.78, 5) is 4.23. The van der Waals surface area contributed by atoms with E-state index in [9.17, 15) is 13.2 Å². The van der Waals surface area contributed by atoms with Gasteiger partial charge in [-0.3, -0.25) is 4.84 Å². The van der Waals surface area contributed by atoms with Crippen molar-refractivity contribution < 1.29 is 22.7 Å². The summed E-state index contributed by atoms with van der Waals surface area (Å²) in [5.41, 5.74) is 2.27. The van der Waals surface area contributed by atoms with Gasteiger partial charge in [0, 0.05) is 19.8 Å². The first-order valence-corrected chi connectivity index (χ1v) is 3.88. The van der Waals surface area contributed by atoms with Crippen molar-refractivity contribution in [3.05, 3.63) is 0 Å². The van der Waals surface area contributed by atoms with Crippen molar-refractivity contribution in [3.8, 4) is 0 Å². The average molecular weight is 201 g/mol. The third-order valence-corrected chi connectivity index (χ3v) is 1.28. The van der Waals surface area contributed by atoms with Crippen molar-refractivity contribution in [3.63, 3.8) is 0 Å². The van der Waals surface area contributed by atoms with Crippen molar-refractivity contribution in [1.82, 2.24) is 5.48 Å². The second kappa shape index (κ2) is 6.17. The van der Waals surface area contributed by atoms with Crippen LogP contribution < -0.4 is 5.48 Å². The molecule has 0 aromatic carbocycles. The van der Waals surface area contributed by atoms with Gasteiger partial charge in [0.05, 0.1) is 0 Å². The fourth-order valence-corrected chi connectivity index (χ4v) is 0.619. The van der Waals surface area contributed by atoms with Gasteiger partial charge in [0.25, 0.3) is 0 Å². The fraction of sp³-hybridized carbons (Fsp3) is 1.00. The van der Waals surface area contributed by atoms with E-state index >= 15 is 0 Å². The van der Waals surface area contributed by atoms with Gasteiger partial charge in [0.2, 0.25) is 0 Å². The molecule has 0 amide bonds. The lowest BCUT2D eigenvalue weighted by atomic mass is 10.3. The first-order valence-electron chi connectivity index (χ1n) is 3.88. The molecule has 0 saturated carbocycles. The number of hydroxylamine groups is 1. The van der Waals surface area contributed by atoms with E-state index in [1.165, 1.54) is 7.11 Å². The van der Waals surface area contributed by atoms with Gasteiger partial charge in [-0.15, -0.1) is 0 Å². The Morgan fingerprint density at radius 2 is 2.00 bits per heavy atom. The molecule has 0 heterocycles. The van der Waals surface area contributed by atoms with E-state index in [1.54, 1.807) is 6.92 Å². The molecule has 1 atom stereocenters. The number of alkyl halides is 3. The molecular formula is C7H14F3NO2. The standard InChI is InChI=1S/C7H14F3NO2/c1-6(3-4-12-2)11-13-5-7(8,9)10/h6,11H,3-5H2,1-2H3. The number of nitrogens with one attached hydrogen (secondary N) is 1. The molecule has 3 nitrogen and oxygen atoms in total. The van der Waals surface area contributed by atoms with Gasteiger partial charge in [-0.2, -0.15) is 18.7 Å². The maximum atomic E-state index is 11.6. The molecule has 0 spiro atoms. The van der Waals surface area contributed by atoms with E-state index in [0.29, 0.717) is 13.0 Å². The number of hydrogen-bond acceptors (Lipinski definition) is 3. The maximum absolute atomic E-state index is 11.6. The molecule has 80 valence electrons. The van der Waals surface area contributed by atoms with Gasteiger partial charge in [0.15, 0.2) is 6.61 Å². The normalized spacial score (nSPS) is 14.5. The lowest BCUT2D eigenvalue weighted by Crippen LogP contribution is -2.31. The molecule has 13 heavy (non-hydrogen) atoms. The number of rotatable bonds is 6.